The molecule has 0 spiro atoms. The highest BCUT2D eigenvalue weighted by atomic mass is 16.5. The standard InChI is InChI=1S/C34H45N7O2.C3H8/c1-4-37-34(32(25(2)35)33(36)26-14-16-30(17-15-26)43-29-11-6-5-7-12-29)39-28-10-9-21-41(24-28)31(42)13-8-20-38-27-18-22-40(3)23-19-27;1-3-2/h4-8,11-17,27-28,36,38H,1,9-10,18-24,35H2,2-3H3,(H,37,39);3H2,1-2H3/b13-8+,32-25+,36-33?;. The van der Waals surface area contributed by atoms with Gasteiger partial charge in [0.1, 0.15) is 17.3 Å². The molecule has 0 saturated carbocycles. The number of aliphatic imine (C=N–C) groups is 1. The van der Waals surface area contributed by atoms with Gasteiger partial charge in [0, 0.05) is 43.0 Å². The second-order valence-corrected chi connectivity index (χ2v) is 11.9. The highest BCUT2D eigenvalue weighted by molar-refractivity contribution is 6.29. The minimum atomic E-state index is -0.130. The number of piperidine rings is 2. The largest absolute Gasteiger partial charge is 0.457 e. The van der Waals surface area contributed by atoms with Gasteiger partial charge in [-0.3, -0.25) is 15.2 Å². The molecule has 2 aliphatic heterocycles. The zero-order chi connectivity index (χ0) is 33.3. The Labute approximate surface area is 275 Å². The quantitative estimate of drug-likeness (QED) is 0.141. The van der Waals surface area contributed by atoms with Gasteiger partial charge in [0.25, 0.3) is 0 Å². The smallest absolute Gasteiger partial charge is 0.246 e. The number of hydrogen-bond donors (Lipinski definition) is 4. The molecule has 2 aliphatic rings. The summed E-state index contributed by atoms with van der Waals surface area (Å²) in [6.07, 6.45) is 10.3. The van der Waals surface area contributed by atoms with Crippen molar-refractivity contribution in [2.24, 2.45) is 10.7 Å². The maximum absolute atomic E-state index is 13.0. The first-order chi connectivity index (χ1) is 22.2. The van der Waals surface area contributed by atoms with E-state index in [1.54, 1.807) is 13.0 Å². The molecule has 0 bridgehead atoms. The van der Waals surface area contributed by atoms with Crippen LogP contribution >= 0.6 is 0 Å². The number of amidine groups is 1. The molecule has 2 fully saturated rings. The molecule has 2 aromatic carbocycles. The molecule has 46 heavy (non-hydrogen) atoms. The number of hydrogen-bond acceptors (Lipinski definition) is 7. The monoisotopic (exact) mass is 627 g/mol. The molecule has 2 aromatic rings. The van der Waals surface area contributed by atoms with Gasteiger partial charge in [0.05, 0.1) is 17.3 Å². The van der Waals surface area contributed by atoms with Crippen LogP contribution in [-0.4, -0.2) is 79.1 Å². The van der Waals surface area contributed by atoms with E-state index in [9.17, 15) is 4.79 Å². The van der Waals surface area contributed by atoms with E-state index in [0.717, 1.165) is 44.5 Å². The molecule has 9 nitrogen and oxygen atoms in total. The normalized spacial score (nSPS) is 18.3. The van der Waals surface area contributed by atoms with E-state index < -0.39 is 0 Å². The topological polar surface area (TPSA) is 119 Å². The summed E-state index contributed by atoms with van der Waals surface area (Å²) >= 11 is 0. The van der Waals surface area contributed by atoms with Crippen LogP contribution in [0.2, 0.25) is 0 Å². The number of nitrogens with one attached hydrogen (secondary N) is 3. The minimum absolute atomic E-state index is 0.000340. The number of para-hydroxylation sites is 1. The van der Waals surface area contributed by atoms with E-state index in [4.69, 9.17) is 20.9 Å². The number of carbonyl (C=O) groups excluding carboxylic acids is 1. The lowest BCUT2D eigenvalue weighted by atomic mass is 9.99. The lowest BCUT2D eigenvalue weighted by Crippen LogP contribution is -2.42. The Bertz CT molecular complexity index is 1340. The Morgan fingerprint density at radius 3 is 2.35 bits per heavy atom. The van der Waals surface area contributed by atoms with Crippen LogP contribution < -0.4 is 21.1 Å². The number of allylic oxidation sites excluding steroid dienone is 1. The average molecular weight is 628 g/mol. The fourth-order valence-electron chi connectivity index (χ4n) is 5.39. The number of likely N-dealkylation sites (tertiary alicyclic amines) is 2. The van der Waals surface area contributed by atoms with Gasteiger partial charge in [-0.2, -0.15) is 0 Å². The summed E-state index contributed by atoms with van der Waals surface area (Å²) in [6.45, 7) is 13.9. The molecule has 4 rings (SSSR count). The molecular weight excluding hydrogens is 574 g/mol. The molecule has 1 atom stereocenters. The summed E-state index contributed by atoms with van der Waals surface area (Å²) in [5, 5.41) is 15.7. The zero-order valence-corrected chi connectivity index (χ0v) is 28.1. The molecule has 9 heteroatoms. The summed E-state index contributed by atoms with van der Waals surface area (Å²) in [5.41, 5.74) is 8.21. The molecule has 0 aromatic heterocycles. The number of nitrogens with two attached hydrogens (primary N) is 1. The van der Waals surface area contributed by atoms with Crippen molar-refractivity contribution >= 4 is 17.5 Å². The first kappa shape index (κ1) is 36.3. The predicted octanol–water partition coefficient (Wildman–Crippen LogP) is 5.86. The van der Waals surface area contributed by atoms with E-state index in [1.807, 2.05) is 65.6 Å². The van der Waals surface area contributed by atoms with E-state index in [0.29, 0.717) is 54.1 Å². The van der Waals surface area contributed by atoms with Crippen molar-refractivity contribution in [2.75, 3.05) is 39.8 Å². The van der Waals surface area contributed by atoms with E-state index >= 15 is 0 Å². The Kier molecular flexibility index (Phi) is 15.2. The van der Waals surface area contributed by atoms with E-state index in [1.165, 1.54) is 12.6 Å². The zero-order valence-electron chi connectivity index (χ0n) is 28.1. The number of ether oxygens (including phenoxy) is 1. The third kappa shape index (κ3) is 11.6. The van der Waals surface area contributed by atoms with E-state index in [-0.39, 0.29) is 17.7 Å². The van der Waals surface area contributed by atoms with Crippen LogP contribution in [0.5, 0.6) is 11.5 Å². The van der Waals surface area contributed by atoms with Crippen molar-refractivity contribution < 1.29 is 9.53 Å². The van der Waals surface area contributed by atoms with Gasteiger partial charge in [0.2, 0.25) is 5.91 Å². The summed E-state index contributed by atoms with van der Waals surface area (Å²) in [6, 6.07) is 17.3. The molecule has 2 heterocycles. The summed E-state index contributed by atoms with van der Waals surface area (Å²) in [4.78, 5) is 22.1. The van der Waals surface area contributed by atoms with Gasteiger partial charge in [-0.1, -0.05) is 51.1 Å². The van der Waals surface area contributed by atoms with Crippen molar-refractivity contribution in [1.82, 2.24) is 20.4 Å². The SMILES string of the molecule is C=CNC(=NC1CCCN(C(=O)/C=C/CNC2CCN(C)CC2)C1)/C(C(=N)c1ccc(Oc2ccccc2)cc1)=C(\C)N.CCC. The third-order valence-corrected chi connectivity index (χ3v) is 7.77. The number of benzene rings is 2. The van der Waals surface area contributed by atoms with Crippen LogP contribution in [0.3, 0.4) is 0 Å². The molecule has 5 N–H and O–H groups in total. The Hall–Kier alpha value is -4.21. The van der Waals surface area contributed by atoms with Crippen molar-refractivity contribution in [3.63, 3.8) is 0 Å². The Morgan fingerprint density at radius 2 is 1.72 bits per heavy atom. The van der Waals surface area contributed by atoms with Crippen LogP contribution in [0.15, 0.2) is 95.8 Å². The number of amides is 1. The van der Waals surface area contributed by atoms with Gasteiger partial charge in [-0.15, -0.1) is 0 Å². The van der Waals surface area contributed by atoms with Crippen LogP contribution in [-0.2, 0) is 4.79 Å². The molecule has 1 amide bonds. The van der Waals surface area contributed by atoms with Crippen LogP contribution in [0.1, 0.15) is 58.4 Å². The maximum atomic E-state index is 13.0. The minimum Gasteiger partial charge on any atom is -0.457 e. The van der Waals surface area contributed by atoms with Crippen LogP contribution in [0.4, 0.5) is 0 Å². The average Bonchev–Trinajstić information content (AvgIpc) is 3.05. The molecule has 0 radical (unpaired) electrons. The second-order valence-electron chi connectivity index (χ2n) is 11.9. The lowest BCUT2D eigenvalue weighted by molar-refractivity contribution is -0.127. The predicted molar refractivity (Wildman–Crippen MR) is 191 cm³/mol. The van der Waals surface area contributed by atoms with Gasteiger partial charge < -0.3 is 30.9 Å². The molecule has 0 aliphatic carbocycles. The highest BCUT2D eigenvalue weighted by Gasteiger charge is 2.25. The number of carbonyl (C=O) groups is 1. The maximum Gasteiger partial charge on any atom is 0.246 e. The van der Waals surface area contributed by atoms with Gasteiger partial charge >= 0.3 is 0 Å². The fourth-order valence-corrected chi connectivity index (χ4v) is 5.39. The van der Waals surface area contributed by atoms with Gasteiger partial charge in [-0.25, -0.2) is 0 Å². The highest BCUT2D eigenvalue weighted by Crippen LogP contribution is 2.23. The Balaban J connectivity index is 0.00000185. The molecular formula is C37H53N7O2. The third-order valence-electron chi connectivity index (χ3n) is 7.77. The van der Waals surface area contributed by atoms with E-state index in [2.05, 4.69) is 43.0 Å². The van der Waals surface area contributed by atoms with Crippen molar-refractivity contribution in [1.29, 1.82) is 5.41 Å². The van der Waals surface area contributed by atoms with Crippen molar-refractivity contribution in [3.05, 3.63) is 96.4 Å². The number of nitrogens with zero attached hydrogens (tertiary/aromatic N) is 3. The first-order valence-corrected chi connectivity index (χ1v) is 16.5. The van der Waals surface area contributed by atoms with Crippen molar-refractivity contribution in [2.45, 2.75) is 65.0 Å². The fraction of sp³-hybridized carbons (Fsp3) is 0.432. The molecule has 1 unspecified atom stereocenters. The van der Waals surface area contributed by atoms with Gasteiger partial charge in [-0.05, 0) is 95.3 Å². The second kappa shape index (κ2) is 19.3. The summed E-state index contributed by atoms with van der Waals surface area (Å²) < 4.78 is 5.90. The van der Waals surface area contributed by atoms with Crippen LogP contribution in [0.25, 0.3) is 0 Å². The lowest BCUT2D eigenvalue weighted by Gasteiger charge is -2.31. The number of rotatable bonds is 11. The summed E-state index contributed by atoms with van der Waals surface area (Å²) in [5.74, 6) is 1.89. The molecule has 248 valence electrons. The van der Waals surface area contributed by atoms with Crippen molar-refractivity contribution in [3.8, 4) is 11.5 Å². The Morgan fingerprint density at radius 1 is 1.07 bits per heavy atom. The first-order valence-electron chi connectivity index (χ1n) is 16.5. The molecule has 2 saturated heterocycles. The van der Waals surface area contributed by atoms with Gasteiger partial charge in [0.15, 0.2) is 0 Å². The van der Waals surface area contributed by atoms with Crippen LogP contribution in [0, 0.1) is 5.41 Å². The summed E-state index contributed by atoms with van der Waals surface area (Å²) in [7, 11) is 2.15.